The molecule has 0 amide bonds. The first-order valence-corrected chi connectivity index (χ1v) is 5.78. The Morgan fingerprint density at radius 1 is 1.59 bits per heavy atom. The second-order valence-corrected chi connectivity index (χ2v) is 4.32. The molecule has 6 nitrogen and oxygen atoms in total. The zero-order valence-corrected chi connectivity index (χ0v) is 9.94. The summed E-state index contributed by atoms with van der Waals surface area (Å²) in [5.74, 6) is 1.18. The third-order valence-corrected chi connectivity index (χ3v) is 3.00. The molecule has 0 aliphatic carbocycles. The van der Waals surface area contributed by atoms with Crippen LogP contribution in [0.3, 0.4) is 0 Å². The van der Waals surface area contributed by atoms with Crippen molar-refractivity contribution in [3.05, 3.63) is 11.9 Å². The van der Waals surface area contributed by atoms with Crippen molar-refractivity contribution in [2.75, 3.05) is 30.8 Å². The average Bonchev–Trinajstić information content (AvgIpc) is 2.74. The van der Waals surface area contributed by atoms with Crippen LogP contribution in [0.15, 0.2) is 6.33 Å². The topological polar surface area (TPSA) is 93.3 Å². The second-order valence-electron chi connectivity index (χ2n) is 4.32. The predicted molar refractivity (Wildman–Crippen MR) is 64.7 cm³/mol. The Bertz CT molecular complexity index is 391. The molecule has 94 valence electrons. The molecule has 2 heterocycles. The van der Waals surface area contributed by atoms with Crippen LogP contribution < -0.4 is 11.1 Å². The summed E-state index contributed by atoms with van der Waals surface area (Å²) in [7, 11) is 0. The minimum absolute atomic E-state index is 0.363. The van der Waals surface area contributed by atoms with Gasteiger partial charge in [0.2, 0.25) is 0 Å². The number of hydrogen-bond donors (Lipinski definition) is 3. The number of rotatable bonds is 4. The Morgan fingerprint density at radius 2 is 2.41 bits per heavy atom. The highest BCUT2D eigenvalue weighted by atomic mass is 16.5. The molecule has 0 aromatic carbocycles. The summed E-state index contributed by atoms with van der Waals surface area (Å²) >= 11 is 0. The minimum atomic E-state index is -0.801. The maximum Gasteiger partial charge on any atom is 0.134 e. The van der Waals surface area contributed by atoms with Gasteiger partial charge in [-0.2, -0.15) is 0 Å². The molecule has 1 atom stereocenters. The van der Waals surface area contributed by atoms with Crippen LogP contribution in [0.4, 0.5) is 11.6 Å². The fraction of sp³-hybridized carbons (Fsp3) is 0.636. The highest BCUT2D eigenvalue weighted by Gasteiger charge is 2.32. The lowest BCUT2D eigenvalue weighted by atomic mass is 10.0. The van der Waals surface area contributed by atoms with Crippen LogP contribution in [0.5, 0.6) is 0 Å². The van der Waals surface area contributed by atoms with Crippen molar-refractivity contribution >= 4 is 11.6 Å². The first-order chi connectivity index (χ1) is 8.14. The summed E-state index contributed by atoms with van der Waals surface area (Å²) in [4.78, 5) is 8.10. The summed E-state index contributed by atoms with van der Waals surface area (Å²) in [6.45, 7) is 3.37. The van der Waals surface area contributed by atoms with Crippen molar-refractivity contribution in [2.24, 2.45) is 0 Å². The Hall–Kier alpha value is -1.40. The summed E-state index contributed by atoms with van der Waals surface area (Å²) in [6, 6.07) is 0. The van der Waals surface area contributed by atoms with E-state index >= 15 is 0 Å². The van der Waals surface area contributed by atoms with Gasteiger partial charge >= 0.3 is 0 Å². The molecule has 1 aromatic heterocycles. The molecular weight excluding hydrogens is 220 g/mol. The first-order valence-electron chi connectivity index (χ1n) is 5.78. The van der Waals surface area contributed by atoms with E-state index < -0.39 is 5.60 Å². The number of aromatic nitrogens is 2. The zero-order chi connectivity index (χ0) is 12.3. The van der Waals surface area contributed by atoms with E-state index in [-0.39, 0.29) is 0 Å². The molecular formula is C11H18N4O2. The highest BCUT2D eigenvalue weighted by molar-refractivity contribution is 5.55. The number of ether oxygens (including phenoxy) is 1. The van der Waals surface area contributed by atoms with Crippen LogP contribution in [0.25, 0.3) is 0 Å². The minimum Gasteiger partial charge on any atom is -0.386 e. The number of nitrogen functional groups attached to an aromatic ring is 1. The van der Waals surface area contributed by atoms with E-state index in [1.807, 2.05) is 6.92 Å². The number of nitrogens with two attached hydrogens (primary N) is 1. The summed E-state index contributed by atoms with van der Waals surface area (Å²) in [5.41, 5.74) is 5.85. The zero-order valence-electron chi connectivity index (χ0n) is 9.94. The number of hydrogen-bond acceptors (Lipinski definition) is 6. The Balaban J connectivity index is 2.06. The Labute approximate surface area is 100 Å². The molecule has 1 aliphatic rings. The van der Waals surface area contributed by atoms with Crippen molar-refractivity contribution in [1.82, 2.24) is 9.97 Å². The Kier molecular flexibility index (Phi) is 3.44. The van der Waals surface area contributed by atoms with Crippen molar-refractivity contribution in [3.8, 4) is 0 Å². The highest BCUT2D eigenvalue weighted by Crippen LogP contribution is 2.21. The molecule has 0 saturated carbocycles. The van der Waals surface area contributed by atoms with Gasteiger partial charge in [0.25, 0.3) is 0 Å². The number of anilines is 2. The van der Waals surface area contributed by atoms with Crippen LogP contribution in [0, 0.1) is 0 Å². The van der Waals surface area contributed by atoms with Gasteiger partial charge in [0.05, 0.1) is 6.61 Å². The van der Waals surface area contributed by atoms with Crippen LogP contribution in [0.1, 0.15) is 18.9 Å². The van der Waals surface area contributed by atoms with Gasteiger partial charge in [0, 0.05) is 25.1 Å². The second kappa shape index (κ2) is 4.85. The van der Waals surface area contributed by atoms with Gasteiger partial charge in [-0.25, -0.2) is 9.97 Å². The number of aliphatic hydroxyl groups is 1. The molecule has 6 heteroatoms. The van der Waals surface area contributed by atoms with E-state index in [1.54, 1.807) is 0 Å². The quantitative estimate of drug-likeness (QED) is 0.693. The summed E-state index contributed by atoms with van der Waals surface area (Å²) < 4.78 is 5.18. The molecule has 1 unspecified atom stereocenters. The maximum atomic E-state index is 10.1. The summed E-state index contributed by atoms with van der Waals surface area (Å²) in [5, 5.41) is 13.2. The monoisotopic (exact) mass is 238 g/mol. The largest absolute Gasteiger partial charge is 0.386 e. The normalized spacial score (nSPS) is 23.9. The molecule has 0 spiro atoms. The molecule has 2 rings (SSSR count). The first kappa shape index (κ1) is 12.1. The van der Waals surface area contributed by atoms with E-state index in [2.05, 4.69) is 15.3 Å². The fourth-order valence-corrected chi connectivity index (χ4v) is 1.91. The molecule has 0 radical (unpaired) electrons. The summed E-state index contributed by atoms with van der Waals surface area (Å²) in [6.07, 6.45) is 2.82. The van der Waals surface area contributed by atoms with E-state index in [9.17, 15) is 5.11 Å². The van der Waals surface area contributed by atoms with Gasteiger partial charge in [-0.05, 0) is 6.42 Å². The van der Waals surface area contributed by atoms with Gasteiger partial charge in [0.1, 0.15) is 23.6 Å². The van der Waals surface area contributed by atoms with Crippen LogP contribution in [0.2, 0.25) is 0 Å². The van der Waals surface area contributed by atoms with Gasteiger partial charge in [-0.3, -0.25) is 0 Å². The van der Waals surface area contributed by atoms with E-state index in [0.717, 1.165) is 12.0 Å². The molecule has 1 fully saturated rings. The Morgan fingerprint density at radius 3 is 3.06 bits per heavy atom. The lowest BCUT2D eigenvalue weighted by molar-refractivity contribution is 0.0381. The standard InChI is InChI=1S/C11H18N4O2/c1-2-8-9(12)14-7-15-10(8)13-5-11(16)3-4-17-6-11/h7,16H,2-6H2,1H3,(H3,12,13,14,15). The van der Waals surface area contributed by atoms with Crippen molar-refractivity contribution in [3.63, 3.8) is 0 Å². The van der Waals surface area contributed by atoms with Crippen LogP contribution >= 0.6 is 0 Å². The van der Waals surface area contributed by atoms with Gasteiger partial charge in [-0.1, -0.05) is 6.92 Å². The van der Waals surface area contributed by atoms with Crippen molar-refractivity contribution in [1.29, 1.82) is 0 Å². The average molecular weight is 238 g/mol. The predicted octanol–water partition coefficient (Wildman–Crippen LogP) is 0.184. The van der Waals surface area contributed by atoms with Gasteiger partial charge < -0.3 is 20.9 Å². The smallest absolute Gasteiger partial charge is 0.134 e. The van der Waals surface area contributed by atoms with E-state index in [0.29, 0.717) is 37.8 Å². The third-order valence-electron chi connectivity index (χ3n) is 3.00. The maximum absolute atomic E-state index is 10.1. The fourth-order valence-electron chi connectivity index (χ4n) is 1.91. The number of nitrogens with one attached hydrogen (secondary N) is 1. The molecule has 4 N–H and O–H groups in total. The third kappa shape index (κ3) is 2.65. The lowest BCUT2D eigenvalue weighted by Crippen LogP contribution is -2.37. The van der Waals surface area contributed by atoms with Crippen molar-refractivity contribution < 1.29 is 9.84 Å². The van der Waals surface area contributed by atoms with Crippen LogP contribution in [-0.4, -0.2) is 40.4 Å². The van der Waals surface area contributed by atoms with Gasteiger partial charge in [0.15, 0.2) is 0 Å². The molecule has 1 aliphatic heterocycles. The van der Waals surface area contributed by atoms with Gasteiger partial charge in [-0.15, -0.1) is 0 Å². The molecule has 17 heavy (non-hydrogen) atoms. The SMILES string of the molecule is CCc1c(N)ncnc1NCC1(O)CCOC1. The lowest BCUT2D eigenvalue weighted by Gasteiger charge is -2.22. The van der Waals surface area contributed by atoms with Crippen molar-refractivity contribution in [2.45, 2.75) is 25.4 Å². The molecule has 1 aromatic rings. The number of nitrogens with zero attached hydrogens (tertiary/aromatic N) is 2. The van der Waals surface area contributed by atoms with Crippen LogP contribution in [-0.2, 0) is 11.2 Å². The van der Waals surface area contributed by atoms with E-state index in [1.165, 1.54) is 6.33 Å². The molecule has 0 bridgehead atoms. The molecule has 1 saturated heterocycles. The van der Waals surface area contributed by atoms with E-state index in [4.69, 9.17) is 10.5 Å².